The van der Waals surface area contributed by atoms with Crippen molar-refractivity contribution in [1.29, 1.82) is 0 Å². The number of aryl methyl sites for hydroxylation is 1. The highest BCUT2D eigenvalue weighted by atomic mass is 16.3. The summed E-state index contributed by atoms with van der Waals surface area (Å²) >= 11 is 0. The molecule has 3 aliphatic rings. The zero-order valence-corrected chi connectivity index (χ0v) is 14.6. The summed E-state index contributed by atoms with van der Waals surface area (Å²) in [6.07, 6.45) is 9.88. The number of nitrogens with two attached hydrogens (primary N) is 1. The van der Waals surface area contributed by atoms with Crippen LogP contribution in [0.25, 0.3) is 16.8 Å². The van der Waals surface area contributed by atoms with Crippen LogP contribution in [-0.2, 0) is 6.42 Å². The minimum absolute atomic E-state index is 0.0120. The van der Waals surface area contributed by atoms with Gasteiger partial charge in [0.15, 0.2) is 0 Å². The zero-order chi connectivity index (χ0) is 17.2. The molecule has 0 amide bonds. The minimum atomic E-state index is 0.0120. The Labute approximate surface area is 148 Å². The molecule has 2 aliphatic heterocycles. The second-order valence-electron chi connectivity index (χ2n) is 6.86. The Morgan fingerprint density at radius 1 is 1.24 bits per heavy atom. The van der Waals surface area contributed by atoms with Gasteiger partial charge in [-0.2, -0.15) is 0 Å². The number of nitrogens with zero attached hydrogens (tertiary/aromatic N) is 1. The first kappa shape index (κ1) is 16.1. The molecule has 2 heterocycles. The molecule has 0 aromatic heterocycles. The monoisotopic (exact) mass is 332 g/mol. The first-order valence-corrected chi connectivity index (χ1v) is 9.13. The second-order valence-corrected chi connectivity index (χ2v) is 6.86. The summed E-state index contributed by atoms with van der Waals surface area (Å²) in [7, 11) is 0. The molecule has 25 heavy (non-hydrogen) atoms. The van der Waals surface area contributed by atoms with Gasteiger partial charge in [0.05, 0.1) is 12.0 Å². The number of rotatable bonds is 5. The zero-order valence-electron chi connectivity index (χ0n) is 14.6. The van der Waals surface area contributed by atoms with Gasteiger partial charge in [-0.1, -0.05) is 43.3 Å². The van der Waals surface area contributed by atoms with E-state index in [-0.39, 0.29) is 6.04 Å². The standard InChI is InChI=1S/C22H24N2O/c1-2-16-9-10-17(19(23)11-8-15-6-4-3-5-7-15)22-21(16)18-12-13-25-14-20(18)24-22/h3-7,10,12-14,16,19H,2,8-9,11,23H2,1H3. The van der Waals surface area contributed by atoms with Crippen LogP contribution in [0.3, 0.4) is 0 Å². The fourth-order valence-electron chi connectivity index (χ4n) is 3.92. The van der Waals surface area contributed by atoms with Crippen LogP contribution in [0, 0.1) is 0 Å². The maximum Gasteiger partial charge on any atom is 0.116 e. The summed E-state index contributed by atoms with van der Waals surface area (Å²) in [6, 6.07) is 12.6. The predicted octanol–water partition coefficient (Wildman–Crippen LogP) is 5.02. The van der Waals surface area contributed by atoms with Crippen LogP contribution < -0.4 is 5.73 Å². The van der Waals surface area contributed by atoms with E-state index in [2.05, 4.69) is 43.3 Å². The van der Waals surface area contributed by atoms with Crippen molar-refractivity contribution >= 4 is 5.57 Å². The van der Waals surface area contributed by atoms with Gasteiger partial charge in [0, 0.05) is 11.6 Å². The van der Waals surface area contributed by atoms with E-state index in [9.17, 15) is 0 Å². The van der Waals surface area contributed by atoms with Gasteiger partial charge < -0.3 is 10.2 Å². The van der Waals surface area contributed by atoms with E-state index in [1.54, 1.807) is 12.5 Å². The molecular weight excluding hydrogens is 308 g/mol. The van der Waals surface area contributed by atoms with Crippen LogP contribution in [0.5, 0.6) is 0 Å². The van der Waals surface area contributed by atoms with E-state index < -0.39 is 0 Å². The van der Waals surface area contributed by atoms with Crippen molar-refractivity contribution in [2.45, 2.75) is 44.6 Å². The molecule has 2 atom stereocenters. The molecule has 3 nitrogen and oxygen atoms in total. The third-order valence-electron chi connectivity index (χ3n) is 5.33. The second kappa shape index (κ2) is 6.85. The summed E-state index contributed by atoms with van der Waals surface area (Å²) in [6.45, 7) is 2.24. The number of fused-ring (bicyclic) bond motifs is 3. The molecular formula is C22H24N2O. The van der Waals surface area contributed by atoms with Gasteiger partial charge in [0.25, 0.3) is 0 Å². The smallest absolute Gasteiger partial charge is 0.116 e. The Morgan fingerprint density at radius 2 is 2.08 bits per heavy atom. The van der Waals surface area contributed by atoms with Crippen molar-refractivity contribution in [1.82, 2.24) is 4.98 Å². The fraction of sp³-hybridized carbons (Fsp3) is 0.318. The molecule has 128 valence electrons. The summed E-state index contributed by atoms with van der Waals surface area (Å²) in [5.41, 5.74) is 13.7. The van der Waals surface area contributed by atoms with Crippen molar-refractivity contribution in [3.05, 3.63) is 71.8 Å². The molecule has 3 heteroatoms. The molecule has 0 bridgehead atoms. The van der Waals surface area contributed by atoms with Gasteiger partial charge in [0.2, 0.25) is 0 Å². The third-order valence-corrected chi connectivity index (χ3v) is 5.33. The van der Waals surface area contributed by atoms with E-state index in [0.29, 0.717) is 5.92 Å². The Balaban J connectivity index is 1.63. The van der Waals surface area contributed by atoms with Gasteiger partial charge in [-0.15, -0.1) is 0 Å². The molecule has 2 unspecified atom stereocenters. The van der Waals surface area contributed by atoms with Crippen molar-refractivity contribution < 1.29 is 4.42 Å². The number of allylic oxidation sites excluding steroid dienone is 1. The van der Waals surface area contributed by atoms with Crippen LogP contribution >= 0.6 is 0 Å². The van der Waals surface area contributed by atoms with E-state index in [4.69, 9.17) is 15.1 Å². The Hall–Kier alpha value is -2.39. The lowest BCUT2D eigenvalue weighted by atomic mass is 9.81. The molecule has 4 rings (SSSR count). The molecule has 1 aliphatic carbocycles. The van der Waals surface area contributed by atoms with E-state index in [0.717, 1.165) is 37.1 Å². The molecule has 1 aromatic carbocycles. The van der Waals surface area contributed by atoms with Crippen molar-refractivity contribution in [3.63, 3.8) is 0 Å². The highest BCUT2D eigenvalue weighted by Crippen LogP contribution is 2.44. The predicted molar refractivity (Wildman–Crippen MR) is 101 cm³/mol. The molecule has 0 saturated heterocycles. The van der Waals surface area contributed by atoms with Crippen LogP contribution in [0.2, 0.25) is 0 Å². The maximum absolute atomic E-state index is 6.59. The maximum atomic E-state index is 6.59. The first-order chi connectivity index (χ1) is 12.3. The van der Waals surface area contributed by atoms with Crippen molar-refractivity contribution in [3.8, 4) is 11.3 Å². The summed E-state index contributed by atoms with van der Waals surface area (Å²) in [5, 5.41) is 0. The molecule has 0 fully saturated rings. The first-order valence-electron chi connectivity index (χ1n) is 9.13. The highest BCUT2D eigenvalue weighted by Gasteiger charge is 2.30. The van der Waals surface area contributed by atoms with Crippen LogP contribution in [0.4, 0.5) is 0 Å². The number of hydrogen-bond donors (Lipinski definition) is 1. The molecule has 0 saturated carbocycles. The Bertz CT molecular complexity index is 850. The van der Waals surface area contributed by atoms with Gasteiger partial charge in [-0.3, -0.25) is 0 Å². The van der Waals surface area contributed by atoms with Crippen LogP contribution in [-0.4, -0.2) is 11.0 Å². The van der Waals surface area contributed by atoms with E-state index >= 15 is 0 Å². The van der Waals surface area contributed by atoms with Gasteiger partial charge in [-0.25, -0.2) is 4.98 Å². The van der Waals surface area contributed by atoms with Crippen molar-refractivity contribution in [2.24, 2.45) is 5.73 Å². The lowest BCUT2D eigenvalue weighted by Gasteiger charge is -2.25. The molecule has 0 radical (unpaired) electrons. The van der Waals surface area contributed by atoms with E-state index in [1.807, 2.05) is 6.07 Å². The fourth-order valence-corrected chi connectivity index (χ4v) is 3.92. The average molecular weight is 332 g/mol. The normalized spacial score (nSPS) is 18.0. The average Bonchev–Trinajstić information content (AvgIpc) is 3.06. The SMILES string of the molecule is CCC1CC=C(C(N)CCc2ccccc2)c2nc3coccc-3c21. The number of hydrogen-bond acceptors (Lipinski definition) is 3. The number of aromatic nitrogens is 1. The topological polar surface area (TPSA) is 52.0 Å². The molecule has 0 spiro atoms. The van der Waals surface area contributed by atoms with Gasteiger partial charge >= 0.3 is 0 Å². The van der Waals surface area contributed by atoms with Gasteiger partial charge in [0.1, 0.15) is 12.0 Å². The van der Waals surface area contributed by atoms with Crippen LogP contribution in [0.15, 0.2) is 59.4 Å². The minimum Gasteiger partial charge on any atom is -0.470 e. The van der Waals surface area contributed by atoms with Crippen molar-refractivity contribution in [2.75, 3.05) is 0 Å². The number of benzene rings is 1. The quantitative estimate of drug-likeness (QED) is 0.713. The highest BCUT2D eigenvalue weighted by molar-refractivity contribution is 5.81. The molecule has 2 N–H and O–H groups in total. The molecule has 1 aromatic rings. The lowest BCUT2D eigenvalue weighted by molar-refractivity contribution is 0.550. The van der Waals surface area contributed by atoms with Crippen LogP contribution in [0.1, 0.15) is 48.9 Å². The van der Waals surface area contributed by atoms with E-state index in [1.165, 1.54) is 22.3 Å². The van der Waals surface area contributed by atoms with Gasteiger partial charge in [-0.05, 0) is 54.4 Å². The Kier molecular flexibility index (Phi) is 4.41. The Morgan fingerprint density at radius 3 is 2.88 bits per heavy atom. The largest absolute Gasteiger partial charge is 0.470 e. The lowest BCUT2D eigenvalue weighted by Crippen LogP contribution is -2.25. The summed E-state index contributed by atoms with van der Waals surface area (Å²) < 4.78 is 5.32. The third kappa shape index (κ3) is 3.00. The summed E-state index contributed by atoms with van der Waals surface area (Å²) in [5.74, 6) is 0.521. The summed E-state index contributed by atoms with van der Waals surface area (Å²) in [4.78, 5) is 4.87.